The summed E-state index contributed by atoms with van der Waals surface area (Å²) in [5, 5.41) is 0.00380. The zero-order valence-electron chi connectivity index (χ0n) is 5.90. The van der Waals surface area contributed by atoms with E-state index in [1.165, 1.54) is 0 Å². The standard InChI is InChI=1S/C6H2Cl2F3NS/c7-4-1-3(2-12-5(4)8)13-6(9,10)11/h1-2H. The Kier molecular flexibility index (Phi) is 3.32. The molecule has 1 nitrogen and oxygen atoms in total. The average Bonchev–Trinajstić information content (AvgIpc) is 1.94. The predicted octanol–water partition coefficient (Wildman–Crippen LogP) is 4.00. The first-order valence-electron chi connectivity index (χ1n) is 2.95. The van der Waals surface area contributed by atoms with E-state index in [9.17, 15) is 13.2 Å². The smallest absolute Gasteiger partial charge is 0.242 e. The van der Waals surface area contributed by atoms with Gasteiger partial charge in [-0.1, -0.05) is 23.2 Å². The first kappa shape index (κ1) is 10.9. The molecule has 0 bridgehead atoms. The predicted molar refractivity (Wildman–Crippen MR) is 46.2 cm³/mol. The summed E-state index contributed by atoms with van der Waals surface area (Å²) in [4.78, 5) is 3.39. The van der Waals surface area contributed by atoms with E-state index in [0.29, 0.717) is 0 Å². The van der Waals surface area contributed by atoms with Crippen LogP contribution in [0.15, 0.2) is 17.2 Å². The van der Waals surface area contributed by atoms with Gasteiger partial charge < -0.3 is 0 Å². The molecule has 0 aliphatic carbocycles. The highest BCUT2D eigenvalue weighted by Crippen LogP contribution is 2.37. The van der Waals surface area contributed by atoms with E-state index in [0.717, 1.165) is 12.3 Å². The first-order valence-corrected chi connectivity index (χ1v) is 4.52. The maximum Gasteiger partial charge on any atom is 0.446 e. The third kappa shape index (κ3) is 3.62. The molecule has 0 radical (unpaired) electrons. The highest BCUT2D eigenvalue weighted by Gasteiger charge is 2.29. The van der Waals surface area contributed by atoms with E-state index in [1.54, 1.807) is 0 Å². The van der Waals surface area contributed by atoms with Crippen molar-refractivity contribution in [2.24, 2.45) is 0 Å². The largest absolute Gasteiger partial charge is 0.446 e. The fourth-order valence-electron chi connectivity index (χ4n) is 0.593. The van der Waals surface area contributed by atoms with Gasteiger partial charge in [0.15, 0.2) is 0 Å². The number of thioether (sulfide) groups is 1. The van der Waals surface area contributed by atoms with Crippen molar-refractivity contribution in [3.8, 4) is 0 Å². The summed E-state index contributed by atoms with van der Waals surface area (Å²) < 4.78 is 35.5. The van der Waals surface area contributed by atoms with Gasteiger partial charge >= 0.3 is 5.51 Å². The van der Waals surface area contributed by atoms with Crippen molar-refractivity contribution in [2.75, 3.05) is 0 Å². The summed E-state index contributed by atoms with van der Waals surface area (Å²) in [6, 6.07) is 1.12. The zero-order chi connectivity index (χ0) is 10.1. The second kappa shape index (κ2) is 3.94. The number of hydrogen-bond donors (Lipinski definition) is 0. The van der Waals surface area contributed by atoms with E-state index in [4.69, 9.17) is 23.2 Å². The lowest BCUT2D eigenvalue weighted by Gasteiger charge is -2.05. The molecule has 0 amide bonds. The molecule has 0 aliphatic rings. The van der Waals surface area contributed by atoms with Gasteiger partial charge in [-0.3, -0.25) is 0 Å². The summed E-state index contributed by atoms with van der Waals surface area (Å²) >= 11 is 10.6. The highest BCUT2D eigenvalue weighted by atomic mass is 35.5. The summed E-state index contributed by atoms with van der Waals surface area (Å²) in [7, 11) is 0. The number of aromatic nitrogens is 1. The molecule has 1 heterocycles. The molecule has 0 fully saturated rings. The molecular weight excluding hydrogens is 246 g/mol. The van der Waals surface area contributed by atoms with Gasteiger partial charge in [0.25, 0.3) is 0 Å². The Morgan fingerprint density at radius 2 is 1.92 bits per heavy atom. The highest BCUT2D eigenvalue weighted by molar-refractivity contribution is 8.00. The maximum absolute atomic E-state index is 11.8. The van der Waals surface area contributed by atoms with E-state index < -0.39 is 5.51 Å². The van der Waals surface area contributed by atoms with Crippen LogP contribution in [0.3, 0.4) is 0 Å². The fraction of sp³-hybridized carbons (Fsp3) is 0.167. The third-order valence-electron chi connectivity index (χ3n) is 1.00. The van der Waals surface area contributed by atoms with Gasteiger partial charge in [0, 0.05) is 11.1 Å². The monoisotopic (exact) mass is 247 g/mol. The second-order valence-electron chi connectivity index (χ2n) is 1.99. The van der Waals surface area contributed by atoms with E-state index in [2.05, 4.69) is 4.98 Å². The molecule has 1 rings (SSSR count). The Labute approximate surface area is 86.2 Å². The molecule has 0 saturated heterocycles. The molecule has 0 spiro atoms. The van der Waals surface area contributed by atoms with Gasteiger partial charge in [-0.2, -0.15) is 13.2 Å². The first-order chi connectivity index (χ1) is 5.88. The number of alkyl halides is 3. The lowest BCUT2D eigenvalue weighted by Crippen LogP contribution is -1.99. The SMILES string of the molecule is FC(F)(F)Sc1cnc(Cl)c(Cl)c1. The van der Waals surface area contributed by atoms with Gasteiger partial charge in [-0.05, 0) is 17.8 Å². The van der Waals surface area contributed by atoms with E-state index in [1.807, 2.05) is 0 Å². The van der Waals surface area contributed by atoms with Crippen LogP contribution in [0.25, 0.3) is 0 Å². The summed E-state index contributed by atoms with van der Waals surface area (Å²) in [6.07, 6.45) is 1.02. The minimum atomic E-state index is -4.33. The number of halogens is 5. The molecule has 72 valence electrons. The zero-order valence-corrected chi connectivity index (χ0v) is 8.23. The number of hydrogen-bond acceptors (Lipinski definition) is 2. The minimum Gasteiger partial charge on any atom is -0.242 e. The van der Waals surface area contributed by atoms with Crippen molar-refractivity contribution >= 4 is 35.0 Å². The van der Waals surface area contributed by atoms with Crippen LogP contribution in [0.1, 0.15) is 0 Å². The lowest BCUT2D eigenvalue weighted by molar-refractivity contribution is -0.0328. The maximum atomic E-state index is 11.8. The summed E-state index contributed by atoms with van der Waals surface area (Å²) in [5.74, 6) is 0. The molecule has 1 aromatic heterocycles. The molecule has 0 atom stereocenters. The van der Waals surface area contributed by atoms with Crippen LogP contribution in [-0.2, 0) is 0 Å². The Hall–Kier alpha value is -0.130. The van der Waals surface area contributed by atoms with Gasteiger partial charge in [0.05, 0.1) is 5.02 Å². The van der Waals surface area contributed by atoms with Gasteiger partial charge in [-0.25, -0.2) is 4.98 Å². The Bertz CT molecular complexity index is 315. The number of nitrogens with zero attached hydrogens (tertiary/aromatic N) is 1. The quantitative estimate of drug-likeness (QED) is 0.550. The topological polar surface area (TPSA) is 12.9 Å². The van der Waals surface area contributed by atoms with Gasteiger partial charge in [-0.15, -0.1) is 0 Å². The van der Waals surface area contributed by atoms with Crippen LogP contribution in [0.5, 0.6) is 0 Å². The molecule has 0 aromatic carbocycles. The van der Waals surface area contributed by atoms with Crippen molar-refractivity contribution in [3.63, 3.8) is 0 Å². The van der Waals surface area contributed by atoms with Crippen molar-refractivity contribution in [1.29, 1.82) is 0 Å². The molecule has 0 aliphatic heterocycles. The van der Waals surface area contributed by atoms with Gasteiger partial charge in [0.1, 0.15) is 5.15 Å². The van der Waals surface area contributed by atoms with Crippen molar-refractivity contribution in [3.05, 3.63) is 22.4 Å². The molecule has 0 saturated carbocycles. The fourth-order valence-corrected chi connectivity index (χ4v) is 1.48. The Balaban J connectivity index is 2.86. The molecule has 13 heavy (non-hydrogen) atoms. The van der Waals surface area contributed by atoms with Crippen molar-refractivity contribution < 1.29 is 13.2 Å². The van der Waals surface area contributed by atoms with Crippen LogP contribution in [0.4, 0.5) is 13.2 Å². The summed E-state index contributed by atoms with van der Waals surface area (Å²) in [5.41, 5.74) is -4.33. The molecule has 1 aromatic rings. The van der Waals surface area contributed by atoms with Crippen molar-refractivity contribution in [2.45, 2.75) is 10.4 Å². The summed E-state index contributed by atoms with van der Waals surface area (Å²) in [6.45, 7) is 0. The van der Waals surface area contributed by atoms with Crippen LogP contribution in [0, 0.1) is 0 Å². The van der Waals surface area contributed by atoms with E-state index >= 15 is 0 Å². The van der Waals surface area contributed by atoms with Crippen LogP contribution >= 0.6 is 35.0 Å². The second-order valence-corrected chi connectivity index (χ2v) is 3.90. The van der Waals surface area contributed by atoms with Crippen LogP contribution < -0.4 is 0 Å². The normalized spacial score (nSPS) is 11.8. The van der Waals surface area contributed by atoms with Crippen molar-refractivity contribution in [1.82, 2.24) is 4.98 Å². The lowest BCUT2D eigenvalue weighted by atomic mass is 10.5. The Morgan fingerprint density at radius 3 is 2.38 bits per heavy atom. The van der Waals surface area contributed by atoms with Gasteiger partial charge in [0.2, 0.25) is 0 Å². The van der Waals surface area contributed by atoms with Crippen LogP contribution in [0.2, 0.25) is 10.2 Å². The average molecular weight is 248 g/mol. The minimum absolute atomic E-state index is 0.00630. The van der Waals surface area contributed by atoms with Crippen LogP contribution in [-0.4, -0.2) is 10.5 Å². The van der Waals surface area contributed by atoms with E-state index in [-0.39, 0.29) is 26.8 Å². The third-order valence-corrected chi connectivity index (χ3v) is 2.38. The molecule has 0 N–H and O–H groups in total. The molecular formula is C6H2Cl2F3NS. The molecule has 0 unspecified atom stereocenters. The Morgan fingerprint density at radius 1 is 1.31 bits per heavy atom. The number of rotatable bonds is 1. The molecule has 7 heteroatoms. The number of pyridine rings is 1.